The van der Waals surface area contributed by atoms with Crippen molar-refractivity contribution in [3.05, 3.63) is 33.9 Å². The molecule has 7 heteroatoms. The highest BCUT2D eigenvalue weighted by molar-refractivity contribution is 5.90. The molecule has 104 valence electrons. The summed E-state index contributed by atoms with van der Waals surface area (Å²) in [5.74, 6) is -1.14. The average Bonchev–Trinajstić information content (AvgIpc) is 2.33. The zero-order chi connectivity index (χ0) is 14.4. The van der Waals surface area contributed by atoms with Crippen molar-refractivity contribution >= 4 is 17.3 Å². The summed E-state index contributed by atoms with van der Waals surface area (Å²) >= 11 is 0. The second-order valence-corrected chi connectivity index (χ2v) is 4.21. The number of aliphatic hydroxyl groups is 1. The predicted octanol–water partition coefficient (Wildman–Crippen LogP) is 1.87. The molecule has 1 atom stereocenters. The van der Waals surface area contributed by atoms with Gasteiger partial charge in [0.15, 0.2) is 0 Å². The lowest BCUT2D eigenvalue weighted by Crippen LogP contribution is -2.09. The standard InChI is InChI=1S/C12H16N2O5/c1-8(15)3-2-6-13-10-7-9(12(16)17)4-5-11(10)14(18)19/h4-5,7-8,13,15H,2-3,6H2,1H3,(H,16,17). The number of rotatable bonds is 7. The number of anilines is 1. The quantitative estimate of drug-likeness (QED) is 0.395. The molecular formula is C12H16N2O5. The van der Waals surface area contributed by atoms with Gasteiger partial charge in [0.1, 0.15) is 5.69 Å². The van der Waals surface area contributed by atoms with Crippen LogP contribution >= 0.6 is 0 Å². The molecule has 7 nitrogen and oxygen atoms in total. The summed E-state index contributed by atoms with van der Waals surface area (Å²) in [5, 5.41) is 31.6. The maximum Gasteiger partial charge on any atom is 0.335 e. The SMILES string of the molecule is CC(O)CCCNc1cc(C(=O)O)ccc1[N+](=O)[O-]. The number of nitrogens with one attached hydrogen (secondary N) is 1. The number of aromatic carboxylic acids is 1. The second kappa shape index (κ2) is 6.69. The van der Waals surface area contributed by atoms with Gasteiger partial charge in [-0.25, -0.2) is 4.79 Å². The molecule has 1 aromatic carbocycles. The second-order valence-electron chi connectivity index (χ2n) is 4.21. The first-order valence-electron chi connectivity index (χ1n) is 5.85. The first-order valence-corrected chi connectivity index (χ1v) is 5.85. The summed E-state index contributed by atoms with van der Waals surface area (Å²) in [6, 6.07) is 3.60. The molecule has 3 N–H and O–H groups in total. The molecule has 1 unspecified atom stereocenters. The predicted molar refractivity (Wildman–Crippen MR) is 69.5 cm³/mol. The van der Waals surface area contributed by atoms with Gasteiger partial charge < -0.3 is 15.5 Å². The lowest BCUT2D eigenvalue weighted by molar-refractivity contribution is -0.384. The molecule has 0 amide bonds. The van der Waals surface area contributed by atoms with Gasteiger partial charge in [-0.1, -0.05) is 0 Å². The molecule has 0 fully saturated rings. The molecule has 0 radical (unpaired) electrons. The van der Waals surface area contributed by atoms with Gasteiger partial charge in [0.05, 0.1) is 16.6 Å². The van der Waals surface area contributed by atoms with E-state index < -0.39 is 17.0 Å². The van der Waals surface area contributed by atoms with E-state index in [0.717, 1.165) is 0 Å². The summed E-state index contributed by atoms with van der Waals surface area (Å²) in [6.45, 7) is 2.09. The van der Waals surface area contributed by atoms with E-state index in [1.165, 1.54) is 18.2 Å². The normalized spacial score (nSPS) is 11.9. The Labute approximate surface area is 110 Å². The van der Waals surface area contributed by atoms with E-state index in [0.29, 0.717) is 19.4 Å². The molecule has 0 heterocycles. The monoisotopic (exact) mass is 268 g/mol. The third-order valence-electron chi connectivity index (χ3n) is 2.55. The van der Waals surface area contributed by atoms with Crippen LogP contribution in [0.4, 0.5) is 11.4 Å². The number of carbonyl (C=O) groups is 1. The minimum Gasteiger partial charge on any atom is -0.478 e. The number of carboxylic acid groups (broad SMARTS) is 1. The van der Waals surface area contributed by atoms with E-state index in [2.05, 4.69) is 5.32 Å². The lowest BCUT2D eigenvalue weighted by atomic mass is 10.1. The van der Waals surface area contributed by atoms with E-state index in [4.69, 9.17) is 10.2 Å². The van der Waals surface area contributed by atoms with Gasteiger partial charge in [0, 0.05) is 12.6 Å². The molecule has 0 saturated heterocycles. The Morgan fingerprint density at radius 2 is 2.21 bits per heavy atom. The van der Waals surface area contributed by atoms with Crippen LogP contribution in [-0.4, -0.2) is 33.8 Å². The van der Waals surface area contributed by atoms with Crippen LogP contribution in [0.1, 0.15) is 30.1 Å². The zero-order valence-electron chi connectivity index (χ0n) is 10.5. The highest BCUT2D eigenvalue weighted by Crippen LogP contribution is 2.25. The number of carboxylic acids is 1. The number of hydrogen-bond acceptors (Lipinski definition) is 5. The van der Waals surface area contributed by atoms with Crippen molar-refractivity contribution in [3.63, 3.8) is 0 Å². The minimum absolute atomic E-state index is 0.0105. The van der Waals surface area contributed by atoms with Crippen molar-refractivity contribution in [2.24, 2.45) is 0 Å². The van der Waals surface area contributed by atoms with Crippen LogP contribution in [0, 0.1) is 10.1 Å². The van der Waals surface area contributed by atoms with Crippen LogP contribution in [0.3, 0.4) is 0 Å². The summed E-state index contributed by atoms with van der Waals surface area (Å²) in [6.07, 6.45) is 0.771. The van der Waals surface area contributed by atoms with Crippen molar-refractivity contribution in [1.29, 1.82) is 0 Å². The molecule has 0 aliphatic carbocycles. The number of nitro benzene ring substituents is 1. The third-order valence-corrected chi connectivity index (χ3v) is 2.55. The van der Waals surface area contributed by atoms with Crippen LogP contribution in [0.5, 0.6) is 0 Å². The molecule has 0 aromatic heterocycles. The number of aliphatic hydroxyl groups excluding tert-OH is 1. The van der Waals surface area contributed by atoms with E-state index in [1.54, 1.807) is 6.92 Å². The highest BCUT2D eigenvalue weighted by atomic mass is 16.6. The Hall–Kier alpha value is -2.15. The number of nitrogens with zero attached hydrogens (tertiary/aromatic N) is 1. The van der Waals surface area contributed by atoms with Crippen molar-refractivity contribution in [2.45, 2.75) is 25.9 Å². The Balaban J connectivity index is 2.80. The molecule has 0 aliphatic heterocycles. The van der Waals surface area contributed by atoms with Gasteiger partial charge in [0.2, 0.25) is 0 Å². The van der Waals surface area contributed by atoms with Crippen LogP contribution in [0.15, 0.2) is 18.2 Å². The molecule has 0 spiro atoms. The molecule has 1 aromatic rings. The Morgan fingerprint density at radius 3 is 2.74 bits per heavy atom. The smallest absolute Gasteiger partial charge is 0.335 e. The van der Waals surface area contributed by atoms with Gasteiger partial charge in [0.25, 0.3) is 5.69 Å². The van der Waals surface area contributed by atoms with E-state index in [-0.39, 0.29) is 16.9 Å². The maximum atomic E-state index is 10.8. The van der Waals surface area contributed by atoms with Gasteiger partial charge in [-0.3, -0.25) is 10.1 Å². The van der Waals surface area contributed by atoms with Crippen LogP contribution < -0.4 is 5.32 Å². The summed E-state index contributed by atoms with van der Waals surface area (Å²) < 4.78 is 0. The number of hydrogen-bond donors (Lipinski definition) is 3. The maximum absolute atomic E-state index is 10.8. The van der Waals surface area contributed by atoms with Crippen molar-refractivity contribution < 1.29 is 19.9 Å². The summed E-state index contributed by atoms with van der Waals surface area (Å²) in [5.41, 5.74) is 0.00108. The summed E-state index contributed by atoms with van der Waals surface area (Å²) in [4.78, 5) is 21.1. The van der Waals surface area contributed by atoms with E-state index >= 15 is 0 Å². The van der Waals surface area contributed by atoms with Crippen LogP contribution in [0.25, 0.3) is 0 Å². The van der Waals surface area contributed by atoms with Crippen LogP contribution in [0.2, 0.25) is 0 Å². The topological polar surface area (TPSA) is 113 Å². The molecule has 19 heavy (non-hydrogen) atoms. The molecule has 0 saturated carbocycles. The van der Waals surface area contributed by atoms with Gasteiger partial charge >= 0.3 is 5.97 Å². The largest absolute Gasteiger partial charge is 0.478 e. The van der Waals surface area contributed by atoms with Crippen molar-refractivity contribution in [1.82, 2.24) is 0 Å². The zero-order valence-corrected chi connectivity index (χ0v) is 10.5. The molecule has 1 rings (SSSR count). The third kappa shape index (κ3) is 4.55. The first kappa shape index (κ1) is 14.9. The van der Waals surface area contributed by atoms with Gasteiger partial charge in [-0.2, -0.15) is 0 Å². The van der Waals surface area contributed by atoms with E-state index in [1.807, 2.05) is 0 Å². The molecular weight excluding hydrogens is 252 g/mol. The van der Waals surface area contributed by atoms with Gasteiger partial charge in [-0.15, -0.1) is 0 Å². The first-order chi connectivity index (χ1) is 8.91. The Kier molecular flexibility index (Phi) is 5.25. The van der Waals surface area contributed by atoms with Gasteiger partial charge in [-0.05, 0) is 31.9 Å². The Bertz CT molecular complexity index is 473. The molecule has 0 bridgehead atoms. The highest BCUT2D eigenvalue weighted by Gasteiger charge is 2.16. The van der Waals surface area contributed by atoms with Crippen LogP contribution in [-0.2, 0) is 0 Å². The lowest BCUT2D eigenvalue weighted by Gasteiger charge is -2.08. The molecule has 0 aliphatic rings. The fourth-order valence-corrected chi connectivity index (χ4v) is 1.59. The number of benzene rings is 1. The fourth-order valence-electron chi connectivity index (χ4n) is 1.59. The Morgan fingerprint density at radius 1 is 1.53 bits per heavy atom. The summed E-state index contributed by atoms with van der Waals surface area (Å²) in [7, 11) is 0. The fraction of sp³-hybridized carbons (Fsp3) is 0.417. The minimum atomic E-state index is -1.14. The van der Waals surface area contributed by atoms with Crippen molar-refractivity contribution in [2.75, 3.05) is 11.9 Å². The van der Waals surface area contributed by atoms with Crippen molar-refractivity contribution in [3.8, 4) is 0 Å². The van der Waals surface area contributed by atoms with E-state index in [9.17, 15) is 14.9 Å². The number of nitro groups is 1. The average molecular weight is 268 g/mol.